The zero-order valence-electron chi connectivity index (χ0n) is 9.61. The van der Waals surface area contributed by atoms with Gasteiger partial charge in [0.05, 0.1) is 17.2 Å². The summed E-state index contributed by atoms with van der Waals surface area (Å²) in [5.41, 5.74) is 2.30. The number of ether oxygens (including phenoxy) is 1. The standard InChI is InChI=1S/C14H10Cl2O2/c1-18-14-7-10(4-5-12(14)15)9-2-3-11(8-17)13(16)6-9/h2-8H,1H3. The van der Waals surface area contributed by atoms with Crippen molar-refractivity contribution in [3.8, 4) is 16.9 Å². The Balaban J connectivity index is 2.48. The smallest absolute Gasteiger partial charge is 0.151 e. The molecular weight excluding hydrogens is 271 g/mol. The van der Waals surface area contributed by atoms with Crippen molar-refractivity contribution in [3.63, 3.8) is 0 Å². The second kappa shape index (κ2) is 5.42. The summed E-state index contributed by atoms with van der Waals surface area (Å²) in [6.45, 7) is 0. The van der Waals surface area contributed by atoms with E-state index in [4.69, 9.17) is 27.9 Å². The van der Waals surface area contributed by atoms with Gasteiger partial charge in [0.1, 0.15) is 5.75 Å². The van der Waals surface area contributed by atoms with Gasteiger partial charge in [-0.15, -0.1) is 0 Å². The Kier molecular flexibility index (Phi) is 3.90. The Hall–Kier alpha value is -1.51. The molecule has 2 aromatic carbocycles. The summed E-state index contributed by atoms with van der Waals surface area (Å²) in [6, 6.07) is 10.7. The predicted octanol–water partition coefficient (Wildman–Crippen LogP) is 4.48. The number of aldehydes is 1. The molecule has 2 rings (SSSR count). The maximum atomic E-state index is 10.7. The lowest BCUT2D eigenvalue weighted by molar-refractivity contribution is 0.112. The fraction of sp³-hybridized carbons (Fsp3) is 0.0714. The summed E-state index contributed by atoms with van der Waals surface area (Å²) in [5.74, 6) is 0.602. The number of rotatable bonds is 3. The van der Waals surface area contributed by atoms with Crippen molar-refractivity contribution in [2.75, 3.05) is 7.11 Å². The van der Waals surface area contributed by atoms with Crippen molar-refractivity contribution in [3.05, 3.63) is 52.0 Å². The Bertz CT molecular complexity index is 594. The first kappa shape index (κ1) is 12.9. The fourth-order valence-electron chi connectivity index (χ4n) is 1.64. The minimum absolute atomic E-state index is 0.427. The first-order chi connectivity index (χ1) is 8.65. The molecule has 2 nitrogen and oxygen atoms in total. The molecule has 0 atom stereocenters. The van der Waals surface area contributed by atoms with E-state index >= 15 is 0 Å². The molecule has 0 aliphatic heterocycles. The van der Waals surface area contributed by atoms with E-state index in [2.05, 4.69) is 0 Å². The van der Waals surface area contributed by atoms with E-state index in [-0.39, 0.29) is 0 Å². The van der Waals surface area contributed by atoms with Gasteiger partial charge in [0.15, 0.2) is 6.29 Å². The third-order valence-corrected chi connectivity index (χ3v) is 3.25. The van der Waals surface area contributed by atoms with Crippen LogP contribution in [-0.4, -0.2) is 13.4 Å². The molecule has 0 bridgehead atoms. The molecule has 0 fully saturated rings. The van der Waals surface area contributed by atoms with Crippen LogP contribution in [0.15, 0.2) is 36.4 Å². The topological polar surface area (TPSA) is 26.3 Å². The molecular formula is C14H10Cl2O2. The summed E-state index contributed by atoms with van der Waals surface area (Å²) >= 11 is 12.0. The summed E-state index contributed by atoms with van der Waals surface area (Å²) in [4.78, 5) is 10.7. The maximum absolute atomic E-state index is 10.7. The van der Waals surface area contributed by atoms with Crippen LogP contribution >= 0.6 is 23.2 Å². The monoisotopic (exact) mass is 280 g/mol. The molecule has 0 saturated heterocycles. The number of carbonyl (C=O) groups is 1. The molecule has 2 aromatic rings. The van der Waals surface area contributed by atoms with Gasteiger partial charge in [-0.25, -0.2) is 0 Å². The molecule has 0 aliphatic rings. The molecule has 0 saturated carbocycles. The van der Waals surface area contributed by atoms with Gasteiger partial charge in [-0.3, -0.25) is 4.79 Å². The van der Waals surface area contributed by atoms with E-state index in [9.17, 15) is 4.79 Å². The maximum Gasteiger partial charge on any atom is 0.151 e. The lowest BCUT2D eigenvalue weighted by Gasteiger charge is -2.07. The highest BCUT2D eigenvalue weighted by Crippen LogP contribution is 2.31. The molecule has 0 N–H and O–H groups in total. The van der Waals surface area contributed by atoms with E-state index in [1.165, 1.54) is 0 Å². The van der Waals surface area contributed by atoms with Crippen molar-refractivity contribution in [2.45, 2.75) is 0 Å². The Morgan fingerprint density at radius 1 is 1.00 bits per heavy atom. The Labute approximate surface area is 115 Å². The van der Waals surface area contributed by atoms with Crippen molar-refractivity contribution >= 4 is 29.5 Å². The lowest BCUT2D eigenvalue weighted by Crippen LogP contribution is -1.87. The van der Waals surface area contributed by atoms with Gasteiger partial charge in [0, 0.05) is 5.56 Å². The molecule has 0 amide bonds. The molecule has 0 aromatic heterocycles. The average molecular weight is 281 g/mol. The first-order valence-electron chi connectivity index (χ1n) is 5.24. The average Bonchev–Trinajstić information content (AvgIpc) is 2.39. The van der Waals surface area contributed by atoms with Crippen LogP contribution in [0.2, 0.25) is 10.0 Å². The van der Waals surface area contributed by atoms with Crippen molar-refractivity contribution < 1.29 is 9.53 Å². The van der Waals surface area contributed by atoms with E-state index in [0.29, 0.717) is 21.4 Å². The predicted molar refractivity (Wildman–Crippen MR) is 73.8 cm³/mol. The number of benzene rings is 2. The Morgan fingerprint density at radius 2 is 1.67 bits per heavy atom. The minimum Gasteiger partial charge on any atom is -0.495 e. The fourth-order valence-corrected chi connectivity index (χ4v) is 2.06. The van der Waals surface area contributed by atoms with Gasteiger partial charge < -0.3 is 4.74 Å². The van der Waals surface area contributed by atoms with Gasteiger partial charge in [-0.05, 0) is 35.4 Å². The highest BCUT2D eigenvalue weighted by Gasteiger charge is 2.06. The van der Waals surface area contributed by atoms with Crippen LogP contribution in [0.5, 0.6) is 5.75 Å². The van der Waals surface area contributed by atoms with Crippen LogP contribution in [0, 0.1) is 0 Å². The highest BCUT2D eigenvalue weighted by molar-refractivity contribution is 6.33. The number of hydrogen-bond acceptors (Lipinski definition) is 2. The number of hydrogen-bond donors (Lipinski definition) is 0. The molecule has 0 unspecified atom stereocenters. The molecule has 4 heteroatoms. The lowest BCUT2D eigenvalue weighted by atomic mass is 10.0. The molecule has 0 heterocycles. The quantitative estimate of drug-likeness (QED) is 0.775. The van der Waals surface area contributed by atoms with Crippen LogP contribution in [0.4, 0.5) is 0 Å². The highest BCUT2D eigenvalue weighted by atomic mass is 35.5. The van der Waals surface area contributed by atoms with Crippen molar-refractivity contribution in [2.24, 2.45) is 0 Å². The zero-order valence-corrected chi connectivity index (χ0v) is 11.1. The summed E-state index contributed by atoms with van der Waals surface area (Å²) in [7, 11) is 1.56. The zero-order chi connectivity index (χ0) is 13.1. The van der Waals surface area contributed by atoms with E-state index < -0.39 is 0 Å². The number of methoxy groups -OCH3 is 1. The van der Waals surface area contributed by atoms with E-state index in [1.807, 2.05) is 18.2 Å². The Morgan fingerprint density at radius 3 is 2.28 bits per heavy atom. The van der Waals surface area contributed by atoms with E-state index in [1.54, 1.807) is 25.3 Å². The van der Waals surface area contributed by atoms with Crippen molar-refractivity contribution in [1.29, 1.82) is 0 Å². The number of halogens is 2. The summed E-state index contributed by atoms with van der Waals surface area (Å²) in [5, 5.41) is 0.980. The van der Waals surface area contributed by atoms with Gasteiger partial charge in [0.2, 0.25) is 0 Å². The second-order valence-corrected chi connectivity index (χ2v) is 4.52. The molecule has 0 radical (unpaired) electrons. The number of carbonyl (C=O) groups excluding carboxylic acids is 1. The minimum atomic E-state index is 0.427. The molecule has 0 spiro atoms. The molecule has 92 valence electrons. The normalized spacial score (nSPS) is 10.2. The van der Waals surface area contributed by atoms with Crippen LogP contribution < -0.4 is 4.74 Å². The van der Waals surface area contributed by atoms with Crippen LogP contribution in [-0.2, 0) is 0 Å². The van der Waals surface area contributed by atoms with Crippen LogP contribution in [0.1, 0.15) is 10.4 Å². The third kappa shape index (κ3) is 2.50. The summed E-state index contributed by atoms with van der Waals surface area (Å²) in [6.07, 6.45) is 0.731. The largest absolute Gasteiger partial charge is 0.495 e. The van der Waals surface area contributed by atoms with Crippen LogP contribution in [0.3, 0.4) is 0 Å². The molecule has 0 aliphatic carbocycles. The van der Waals surface area contributed by atoms with E-state index in [0.717, 1.165) is 17.4 Å². The first-order valence-corrected chi connectivity index (χ1v) is 6.00. The van der Waals surface area contributed by atoms with Crippen molar-refractivity contribution in [1.82, 2.24) is 0 Å². The van der Waals surface area contributed by atoms with Gasteiger partial charge >= 0.3 is 0 Å². The van der Waals surface area contributed by atoms with Gasteiger partial charge in [-0.1, -0.05) is 35.3 Å². The van der Waals surface area contributed by atoms with Gasteiger partial charge in [0.25, 0.3) is 0 Å². The SMILES string of the molecule is COc1cc(-c2ccc(C=O)c(Cl)c2)ccc1Cl. The second-order valence-electron chi connectivity index (χ2n) is 3.70. The van der Waals surface area contributed by atoms with Crippen LogP contribution in [0.25, 0.3) is 11.1 Å². The van der Waals surface area contributed by atoms with Gasteiger partial charge in [-0.2, -0.15) is 0 Å². The molecule has 18 heavy (non-hydrogen) atoms. The summed E-state index contributed by atoms with van der Waals surface area (Å²) < 4.78 is 5.16. The third-order valence-electron chi connectivity index (χ3n) is 2.61.